The van der Waals surface area contributed by atoms with E-state index in [4.69, 9.17) is 0 Å². The topological polar surface area (TPSA) is 59.3 Å². The Morgan fingerprint density at radius 3 is 2.96 bits per heavy atom. The average Bonchev–Trinajstić information content (AvgIpc) is 3.04. The molecule has 24 heavy (non-hydrogen) atoms. The summed E-state index contributed by atoms with van der Waals surface area (Å²) in [6, 6.07) is 9.88. The smallest absolute Gasteiger partial charge is 0.257 e. The number of carbonyl (C=O) groups excluding carboxylic acids is 1. The largest absolute Gasteiger partial charge is 0.348 e. The van der Waals surface area contributed by atoms with Crippen LogP contribution in [-0.2, 0) is 19.4 Å². The van der Waals surface area contributed by atoms with E-state index in [0.29, 0.717) is 23.7 Å². The Hall–Kier alpha value is -2.69. The maximum absolute atomic E-state index is 12.5. The second-order valence-corrected chi connectivity index (χ2v) is 6.54. The first-order valence-electron chi connectivity index (χ1n) is 8.39. The number of nitrogens with zero attached hydrogens (tertiary/aromatic N) is 3. The van der Waals surface area contributed by atoms with Gasteiger partial charge in [0.1, 0.15) is 5.56 Å². The molecule has 1 aliphatic carbocycles. The van der Waals surface area contributed by atoms with Gasteiger partial charge < -0.3 is 5.32 Å². The van der Waals surface area contributed by atoms with Crippen molar-refractivity contribution in [3.8, 4) is 0 Å². The van der Waals surface area contributed by atoms with Crippen molar-refractivity contribution in [2.45, 2.75) is 32.7 Å². The van der Waals surface area contributed by atoms with E-state index in [-0.39, 0.29) is 5.91 Å². The monoisotopic (exact) mass is 320 g/mol. The minimum absolute atomic E-state index is 0.134. The van der Waals surface area contributed by atoms with Crippen LogP contribution in [0.15, 0.2) is 42.7 Å². The highest BCUT2D eigenvalue weighted by Crippen LogP contribution is 2.25. The molecule has 2 heterocycles. The van der Waals surface area contributed by atoms with Gasteiger partial charge in [-0.1, -0.05) is 37.3 Å². The van der Waals surface area contributed by atoms with Crippen LogP contribution in [0.5, 0.6) is 0 Å². The molecular formula is C19H20N4O. The molecule has 5 heteroatoms. The Balaban J connectivity index is 1.60. The maximum Gasteiger partial charge on any atom is 0.257 e. The zero-order chi connectivity index (χ0) is 16.5. The van der Waals surface area contributed by atoms with Crippen molar-refractivity contribution in [3.63, 3.8) is 0 Å². The Morgan fingerprint density at radius 1 is 1.29 bits per heavy atom. The summed E-state index contributed by atoms with van der Waals surface area (Å²) in [5, 5.41) is 7.37. The molecule has 1 amide bonds. The molecule has 0 aliphatic heterocycles. The molecule has 0 saturated heterocycles. The third-order valence-corrected chi connectivity index (χ3v) is 4.70. The number of aromatic nitrogens is 3. The van der Waals surface area contributed by atoms with Crippen molar-refractivity contribution in [3.05, 3.63) is 65.1 Å². The van der Waals surface area contributed by atoms with Crippen LogP contribution in [0.4, 0.5) is 0 Å². The zero-order valence-corrected chi connectivity index (χ0v) is 13.7. The number of hydrogen-bond donors (Lipinski definition) is 1. The van der Waals surface area contributed by atoms with Gasteiger partial charge in [0.15, 0.2) is 5.65 Å². The second kappa shape index (κ2) is 6.07. The third kappa shape index (κ3) is 2.66. The molecular weight excluding hydrogens is 300 g/mol. The van der Waals surface area contributed by atoms with E-state index in [0.717, 1.165) is 24.8 Å². The summed E-state index contributed by atoms with van der Waals surface area (Å²) >= 11 is 0. The SMILES string of the molecule is C[C@@H]1CCc2c(cnc3c(C(=O)NCc4ccccc4)cnn23)C1. The number of hydrogen-bond acceptors (Lipinski definition) is 3. The molecule has 1 N–H and O–H groups in total. The quantitative estimate of drug-likeness (QED) is 0.807. The van der Waals surface area contributed by atoms with Crippen LogP contribution in [-0.4, -0.2) is 20.5 Å². The lowest BCUT2D eigenvalue weighted by Crippen LogP contribution is -2.23. The summed E-state index contributed by atoms with van der Waals surface area (Å²) in [6.07, 6.45) is 6.72. The van der Waals surface area contributed by atoms with E-state index in [1.807, 2.05) is 41.0 Å². The molecule has 0 bridgehead atoms. The van der Waals surface area contributed by atoms with Crippen molar-refractivity contribution in [2.24, 2.45) is 5.92 Å². The van der Waals surface area contributed by atoms with Gasteiger partial charge in [-0.05, 0) is 36.3 Å². The lowest BCUT2D eigenvalue weighted by atomic mass is 9.89. The van der Waals surface area contributed by atoms with Gasteiger partial charge in [0.25, 0.3) is 5.91 Å². The molecule has 1 aliphatic rings. The fourth-order valence-corrected chi connectivity index (χ4v) is 3.34. The summed E-state index contributed by atoms with van der Waals surface area (Å²) in [6.45, 7) is 2.76. The zero-order valence-electron chi connectivity index (χ0n) is 13.7. The summed E-state index contributed by atoms with van der Waals surface area (Å²) in [5.41, 5.74) is 4.70. The molecule has 4 rings (SSSR count). The van der Waals surface area contributed by atoms with Crippen LogP contribution in [0, 0.1) is 5.92 Å². The lowest BCUT2D eigenvalue weighted by molar-refractivity contribution is 0.0952. The minimum atomic E-state index is -0.134. The van der Waals surface area contributed by atoms with Crippen LogP contribution in [0.2, 0.25) is 0 Å². The number of carbonyl (C=O) groups is 1. The van der Waals surface area contributed by atoms with Gasteiger partial charge in [0.2, 0.25) is 0 Å². The number of rotatable bonds is 3. The van der Waals surface area contributed by atoms with Crippen LogP contribution in [0.1, 0.15) is 40.5 Å². The molecule has 1 aromatic carbocycles. The number of nitrogens with one attached hydrogen (secondary N) is 1. The van der Waals surface area contributed by atoms with E-state index < -0.39 is 0 Å². The number of benzene rings is 1. The predicted octanol–water partition coefficient (Wildman–Crippen LogP) is 2.78. The number of fused-ring (bicyclic) bond motifs is 3. The fourth-order valence-electron chi connectivity index (χ4n) is 3.34. The standard InChI is InChI=1S/C19H20N4O/c1-13-7-8-17-15(9-13)11-20-18-16(12-22-23(17)18)19(24)21-10-14-5-3-2-4-6-14/h2-6,11-13H,7-10H2,1H3,(H,21,24)/t13-/m1/s1. The third-order valence-electron chi connectivity index (χ3n) is 4.70. The van der Waals surface area contributed by atoms with E-state index in [1.165, 1.54) is 11.3 Å². The summed E-state index contributed by atoms with van der Waals surface area (Å²) in [4.78, 5) is 17.0. The molecule has 2 aromatic heterocycles. The Labute approximate surface area is 140 Å². The summed E-state index contributed by atoms with van der Waals surface area (Å²) < 4.78 is 1.85. The van der Waals surface area contributed by atoms with Gasteiger partial charge in [-0.25, -0.2) is 9.50 Å². The Kier molecular flexibility index (Phi) is 3.76. The van der Waals surface area contributed by atoms with E-state index in [1.54, 1.807) is 6.20 Å². The van der Waals surface area contributed by atoms with Crippen molar-refractivity contribution >= 4 is 11.6 Å². The molecule has 0 radical (unpaired) electrons. The molecule has 1 atom stereocenters. The summed E-state index contributed by atoms with van der Waals surface area (Å²) in [7, 11) is 0. The highest BCUT2D eigenvalue weighted by molar-refractivity contribution is 5.99. The highest BCUT2D eigenvalue weighted by Gasteiger charge is 2.21. The van der Waals surface area contributed by atoms with Crippen LogP contribution in [0.25, 0.3) is 5.65 Å². The van der Waals surface area contributed by atoms with Gasteiger partial charge in [0.05, 0.1) is 6.20 Å². The van der Waals surface area contributed by atoms with Crippen molar-refractivity contribution in [1.29, 1.82) is 0 Å². The van der Waals surface area contributed by atoms with E-state index in [2.05, 4.69) is 22.3 Å². The molecule has 5 nitrogen and oxygen atoms in total. The first-order valence-corrected chi connectivity index (χ1v) is 8.39. The lowest BCUT2D eigenvalue weighted by Gasteiger charge is -2.21. The van der Waals surface area contributed by atoms with Gasteiger partial charge in [0, 0.05) is 18.4 Å². The second-order valence-electron chi connectivity index (χ2n) is 6.54. The van der Waals surface area contributed by atoms with Crippen molar-refractivity contribution in [1.82, 2.24) is 19.9 Å². The maximum atomic E-state index is 12.5. The molecule has 122 valence electrons. The van der Waals surface area contributed by atoms with E-state index in [9.17, 15) is 4.79 Å². The number of amides is 1. The number of aryl methyl sites for hydroxylation is 1. The highest BCUT2D eigenvalue weighted by atomic mass is 16.1. The van der Waals surface area contributed by atoms with Gasteiger partial charge in [-0.3, -0.25) is 4.79 Å². The Bertz CT molecular complexity index is 885. The molecule has 0 saturated carbocycles. The van der Waals surface area contributed by atoms with Gasteiger partial charge >= 0.3 is 0 Å². The minimum Gasteiger partial charge on any atom is -0.348 e. The first kappa shape index (κ1) is 14.9. The van der Waals surface area contributed by atoms with Gasteiger partial charge in [-0.2, -0.15) is 5.10 Å². The summed E-state index contributed by atoms with van der Waals surface area (Å²) in [5.74, 6) is 0.548. The Morgan fingerprint density at radius 2 is 2.12 bits per heavy atom. The van der Waals surface area contributed by atoms with Crippen LogP contribution < -0.4 is 5.32 Å². The van der Waals surface area contributed by atoms with Crippen molar-refractivity contribution < 1.29 is 4.79 Å². The van der Waals surface area contributed by atoms with E-state index >= 15 is 0 Å². The molecule has 0 fully saturated rings. The molecule has 3 aromatic rings. The average molecular weight is 320 g/mol. The normalized spacial score (nSPS) is 16.8. The molecule has 0 spiro atoms. The fraction of sp³-hybridized carbons (Fsp3) is 0.316. The molecule has 0 unspecified atom stereocenters. The van der Waals surface area contributed by atoms with Crippen LogP contribution in [0.3, 0.4) is 0 Å². The predicted molar refractivity (Wildman–Crippen MR) is 91.8 cm³/mol. The first-order chi connectivity index (χ1) is 11.7. The van der Waals surface area contributed by atoms with Gasteiger partial charge in [-0.15, -0.1) is 0 Å². The van der Waals surface area contributed by atoms with Crippen molar-refractivity contribution in [2.75, 3.05) is 0 Å². The van der Waals surface area contributed by atoms with Crippen LogP contribution >= 0.6 is 0 Å².